The number of carbonyl (C=O) groups is 1. The van der Waals surface area contributed by atoms with Crippen molar-refractivity contribution in [3.63, 3.8) is 0 Å². The van der Waals surface area contributed by atoms with Gasteiger partial charge in [-0.2, -0.15) is 4.31 Å². The molecule has 2 aromatic carbocycles. The number of sulfonamides is 1. The fourth-order valence-electron chi connectivity index (χ4n) is 3.53. The Kier molecular flexibility index (Phi) is 7.95. The van der Waals surface area contributed by atoms with Crippen molar-refractivity contribution < 1.29 is 13.2 Å². The Morgan fingerprint density at radius 2 is 1.72 bits per heavy atom. The summed E-state index contributed by atoms with van der Waals surface area (Å²) < 4.78 is 28.2. The average molecular weight is 539 g/mol. The van der Waals surface area contributed by atoms with Gasteiger partial charge in [-0.3, -0.25) is 14.7 Å². The molecule has 7 nitrogen and oxygen atoms in total. The molecule has 4 aromatic rings. The second-order valence-corrected chi connectivity index (χ2v) is 11.1. The van der Waals surface area contributed by atoms with Crippen LogP contribution >= 0.6 is 22.9 Å². The van der Waals surface area contributed by atoms with Gasteiger partial charge in [0.2, 0.25) is 10.0 Å². The molecule has 0 bridgehead atoms. The molecule has 184 valence electrons. The Balaban J connectivity index is 1.69. The number of pyridine rings is 1. The standard InChI is InChI=1S/C26H23ClN4O3S2/c1-3-16-30(17-4-2)36(33,34)21-13-11-19(12-14-21)25(32)31(18-20-8-5-6-15-28-20)26-29-24-22(27)9-7-10-23(24)35-26/h3-15H,1-2,16-18H2. The minimum Gasteiger partial charge on any atom is -0.278 e. The number of benzene rings is 2. The Morgan fingerprint density at radius 1 is 1.00 bits per heavy atom. The predicted molar refractivity (Wildman–Crippen MR) is 145 cm³/mol. The van der Waals surface area contributed by atoms with Crippen molar-refractivity contribution >= 4 is 54.2 Å². The maximum absolute atomic E-state index is 13.7. The molecule has 0 aliphatic carbocycles. The molecule has 0 atom stereocenters. The van der Waals surface area contributed by atoms with Crippen LogP contribution in [-0.4, -0.2) is 41.7 Å². The Labute approximate surface area is 219 Å². The van der Waals surface area contributed by atoms with Gasteiger partial charge < -0.3 is 0 Å². The fraction of sp³-hybridized carbons (Fsp3) is 0.115. The summed E-state index contributed by atoms with van der Waals surface area (Å²) in [5.41, 5.74) is 1.61. The zero-order chi connectivity index (χ0) is 25.7. The van der Waals surface area contributed by atoms with Crippen molar-refractivity contribution in [2.75, 3.05) is 18.0 Å². The largest absolute Gasteiger partial charge is 0.278 e. The normalized spacial score (nSPS) is 11.5. The Morgan fingerprint density at radius 3 is 2.33 bits per heavy atom. The lowest BCUT2D eigenvalue weighted by Crippen LogP contribution is -2.32. The van der Waals surface area contributed by atoms with E-state index in [9.17, 15) is 13.2 Å². The maximum atomic E-state index is 13.7. The summed E-state index contributed by atoms with van der Waals surface area (Å²) in [6.45, 7) is 7.72. The first-order valence-electron chi connectivity index (χ1n) is 10.9. The number of halogens is 1. The number of hydrogen-bond acceptors (Lipinski definition) is 6. The molecule has 0 fully saturated rings. The predicted octanol–water partition coefficient (Wildman–Crippen LogP) is 5.55. The number of para-hydroxylation sites is 1. The number of fused-ring (bicyclic) bond motifs is 1. The highest BCUT2D eigenvalue weighted by Crippen LogP contribution is 2.34. The molecule has 1 amide bonds. The van der Waals surface area contributed by atoms with Gasteiger partial charge in [0.25, 0.3) is 5.91 Å². The average Bonchev–Trinajstić information content (AvgIpc) is 3.33. The molecule has 0 spiro atoms. The van der Waals surface area contributed by atoms with E-state index in [1.54, 1.807) is 18.3 Å². The van der Waals surface area contributed by atoms with Crippen LogP contribution in [0, 0.1) is 0 Å². The van der Waals surface area contributed by atoms with Gasteiger partial charge in [0.05, 0.1) is 26.9 Å². The quantitative estimate of drug-likeness (QED) is 0.247. The fourth-order valence-corrected chi connectivity index (χ4v) is 6.18. The van der Waals surface area contributed by atoms with E-state index in [0.717, 1.165) is 4.70 Å². The smallest absolute Gasteiger partial charge is 0.260 e. The third kappa shape index (κ3) is 5.39. The van der Waals surface area contributed by atoms with Gasteiger partial charge in [0.1, 0.15) is 5.52 Å². The second kappa shape index (κ2) is 11.1. The van der Waals surface area contributed by atoms with Crippen molar-refractivity contribution in [3.8, 4) is 0 Å². The molecule has 0 saturated heterocycles. The van der Waals surface area contributed by atoms with Crippen molar-refractivity contribution in [1.29, 1.82) is 0 Å². The molecule has 10 heteroatoms. The minimum atomic E-state index is -3.78. The molecule has 4 rings (SSSR count). The number of thiazole rings is 1. The molecule has 0 aliphatic heterocycles. The molecule has 0 radical (unpaired) electrons. The SMILES string of the molecule is C=CCN(CC=C)S(=O)(=O)c1ccc(C(=O)N(Cc2ccccn2)c2nc3c(Cl)cccc3s2)cc1. The summed E-state index contributed by atoms with van der Waals surface area (Å²) in [7, 11) is -3.78. The number of amides is 1. The monoisotopic (exact) mass is 538 g/mol. The summed E-state index contributed by atoms with van der Waals surface area (Å²) in [5, 5.41) is 0.965. The van der Waals surface area contributed by atoms with Gasteiger partial charge in [0.15, 0.2) is 5.13 Å². The second-order valence-electron chi connectivity index (χ2n) is 7.72. The Bertz CT molecular complexity index is 1490. The maximum Gasteiger partial charge on any atom is 0.260 e. The van der Waals surface area contributed by atoms with Crippen LogP contribution in [0.4, 0.5) is 5.13 Å². The summed E-state index contributed by atoms with van der Waals surface area (Å²) in [6.07, 6.45) is 4.68. The number of hydrogen-bond donors (Lipinski definition) is 0. The molecule has 0 unspecified atom stereocenters. The van der Waals surface area contributed by atoms with Crippen molar-refractivity contribution in [2.24, 2.45) is 0 Å². The summed E-state index contributed by atoms with van der Waals surface area (Å²) in [4.78, 5) is 24.2. The highest BCUT2D eigenvalue weighted by Gasteiger charge is 2.25. The summed E-state index contributed by atoms with van der Waals surface area (Å²) in [5.74, 6) is -0.339. The summed E-state index contributed by atoms with van der Waals surface area (Å²) >= 11 is 7.66. The first-order valence-corrected chi connectivity index (χ1v) is 13.6. The van der Waals surface area contributed by atoms with E-state index in [1.165, 1.54) is 57.0 Å². The molecule has 36 heavy (non-hydrogen) atoms. The van der Waals surface area contributed by atoms with Gasteiger partial charge in [-0.15, -0.1) is 13.2 Å². The van der Waals surface area contributed by atoms with Crippen LogP contribution in [0.3, 0.4) is 0 Å². The molecule has 0 aliphatic rings. The van der Waals surface area contributed by atoms with Crippen LogP contribution in [0.5, 0.6) is 0 Å². The van der Waals surface area contributed by atoms with Crippen molar-refractivity contribution in [1.82, 2.24) is 14.3 Å². The van der Waals surface area contributed by atoms with Crippen LogP contribution in [0.25, 0.3) is 10.2 Å². The van der Waals surface area contributed by atoms with E-state index >= 15 is 0 Å². The van der Waals surface area contributed by atoms with Crippen LogP contribution in [0.15, 0.2) is 97.1 Å². The molecule has 0 N–H and O–H groups in total. The zero-order valence-electron chi connectivity index (χ0n) is 19.2. The topological polar surface area (TPSA) is 83.5 Å². The van der Waals surface area contributed by atoms with E-state index in [1.807, 2.05) is 24.3 Å². The first-order chi connectivity index (χ1) is 17.3. The van der Waals surface area contributed by atoms with Crippen LogP contribution in [0.2, 0.25) is 5.02 Å². The number of nitrogens with zero attached hydrogens (tertiary/aromatic N) is 4. The van der Waals surface area contributed by atoms with Crippen LogP contribution in [-0.2, 0) is 16.6 Å². The molecule has 2 heterocycles. The van der Waals surface area contributed by atoms with E-state index in [2.05, 4.69) is 23.1 Å². The minimum absolute atomic E-state index is 0.0748. The van der Waals surface area contributed by atoms with E-state index in [-0.39, 0.29) is 30.4 Å². The lowest BCUT2D eigenvalue weighted by molar-refractivity contribution is 0.0984. The van der Waals surface area contributed by atoms with Gasteiger partial charge in [0, 0.05) is 24.8 Å². The number of aromatic nitrogens is 2. The molecular weight excluding hydrogens is 516 g/mol. The third-order valence-electron chi connectivity index (χ3n) is 5.29. The van der Waals surface area contributed by atoms with Gasteiger partial charge in [-0.25, -0.2) is 13.4 Å². The number of anilines is 1. The Hall–Kier alpha value is -3.37. The van der Waals surface area contributed by atoms with Gasteiger partial charge in [-0.05, 0) is 48.5 Å². The van der Waals surface area contributed by atoms with Gasteiger partial charge in [-0.1, -0.05) is 47.2 Å². The van der Waals surface area contributed by atoms with Crippen molar-refractivity contribution in [2.45, 2.75) is 11.4 Å². The lowest BCUT2D eigenvalue weighted by atomic mass is 10.2. The highest BCUT2D eigenvalue weighted by molar-refractivity contribution is 7.89. The lowest BCUT2D eigenvalue weighted by Gasteiger charge is -2.21. The van der Waals surface area contributed by atoms with Gasteiger partial charge >= 0.3 is 0 Å². The summed E-state index contributed by atoms with van der Waals surface area (Å²) in [6, 6.07) is 16.8. The molecule has 2 aromatic heterocycles. The van der Waals surface area contributed by atoms with Crippen molar-refractivity contribution in [3.05, 3.63) is 108 Å². The third-order valence-corrected chi connectivity index (χ3v) is 8.48. The number of rotatable bonds is 10. The molecule has 0 saturated carbocycles. The van der Waals surface area contributed by atoms with E-state index in [0.29, 0.717) is 26.9 Å². The van der Waals surface area contributed by atoms with Crippen LogP contribution in [0.1, 0.15) is 16.1 Å². The highest BCUT2D eigenvalue weighted by atomic mass is 35.5. The zero-order valence-corrected chi connectivity index (χ0v) is 21.6. The first kappa shape index (κ1) is 25.7. The van der Waals surface area contributed by atoms with E-state index in [4.69, 9.17) is 11.6 Å². The number of carbonyl (C=O) groups excluding carboxylic acids is 1. The van der Waals surface area contributed by atoms with Crippen LogP contribution < -0.4 is 4.90 Å². The van der Waals surface area contributed by atoms with E-state index < -0.39 is 10.0 Å². The molecular formula is C26H23ClN4O3S2.